The third-order valence-electron chi connectivity index (χ3n) is 4.09. The van der Waals surface area contributed by atoms with Gasteiger partial charge in [0.05, 0.1) is 17.1 Å². The van der Waals surface area contributed by atoms with Crippen molar-refractivity contribution in [2.24, 2.45) is 7.05 Å². The molecule has 0 aliphatic rings. The molecule has 0 saturated heterocycles. The number of nitrogens with zero attached hydrogens (tertiary/aromatic N) is 2. The van der Waals surface area contributed by atoms with Gasteiger partial charge in [0.1, 0.15) is 5.82 Å². The lowest BCUT2D eigenvalue weighted by Crippen LogP contribution is -2.43. The van der Waals surface area contributed by atoms with Crippen LogP contribution in [-0.4, -0.2) is 35.4 Å². The smallest absolute Gasteiger partial charge is 0.111 e. The van der Waals surface area contributed by atoms with Gasteiger partial charge < -0.3 is 14.6 Å². The topological polar surface area (TPSA) is 39.1 Å². The molecule has 4 heteroatoms. The quantitative estimate of drug-likeness (QED) is 0.812. The highest BCUT2D eigenvalue weighted by Gasteiger charge is 2.21. The molecule has 0 saturated carbocycles. The van der Waals surface area contributed by atoms with Crippen molar-refractivity contribution in [3.63, 3.8) is 0 Å². The second kappa shape index (κ2) is 7.57. The Kier molecular flexibility index (Phi) is 5.76. The largest absolute Gasteiger partial charge is 0.380 e. The van der Waals surface area contributed by atoms with Gasteiger partial charge >= 0.3 is 0 Å². The van der Waals surface area contributed by atoms with E-state index >= 15 is 0 Å². The fraction of sp³-hybridized carbons (Fsp3) is 0.588. The zero-order chi connectivity index (χ0) is 15.2. The lowest BCUT2D eigenvalue weighted by atomic mass is 10.0. The Bertz CT molecular complexity index is 560. The Hall–Kier alpha value is -1.39. The molecule has 116 valence electrons. The number of fused-ring (bicyclic) bond motifs is 1. The van der Waals surface area contributed by atoms with Crippen LogP contribution in [0.2, 0.25) is 0 Å². The maximum atomic E-state index is 5.65. The summed E-state index contributed by atoms with van der Waals surface area (Å²) in [5.41, 5.74) is 2.25. The molecule has 1 aromatic heterocycles. The highest BCUT2D eigenvalue weighted by molar-refractivity contribution is 5.75. The van der Waals surface area contributed by atoms with E-state index in [4.69, 9.17) is 9.72 Å². The number of aromatic nitrogens is 2. The van der Waals surface area contributed by atoms with Gasteiger partial charge in [-0.25, -0.2) is 4.98 Å². The summed E-state index contributed by atoms with van der Waals surface area (Å²) in [5.74, 6) is 1.11. The molecule has 4 nitrogen and oxygen atoms in total. The molecule has 0 amide bonds. The Balaban J connectivity index is 2.22. The van der Waals surface area contributed by atoms with Gasteiger partial charge in [-0.15, -0.1) is 0 Å². The van der Waals surface area contributed by atoms with Crippen LogP contribution < -0.4 is 5.32 Å². The molecule has 0 fully saturated rings. The van der Waals surface area contributed by atoms with E-state index in [2.05, 4.69) is 49.0 Å². The molecule has 2 unspecified atom stereocenters. The van der Waals surface area contributed by atoms with E-state index < -0.39 is 0 Å². The first kappa shape index (κ1) is 16.0. The Morgan fingerprint density at radius 1 is 1.29 bits per heavy atom. The van der Waals surface area contributed by atoms with Crippen LogP contribution in [0.1, 0.15) is 32.5 Å². The van der Waals surface area contributed by atoms with Gasteiger partial charge in [-0.3, -0.25) is 0 Å². The Morgan fingerprint density at radius 2 is 2.05 bits per heavy atom. The van der Waals surface area contributed by atoms with Crippen LogP contribution in [0.3, 0.4) is 0 Å². The first-order chi connectivity index (χ1) is 10.2. The summed E-state index contributed by atoms with van der Waals surface area (Å²) in [6, 6.07) is 8.59. The minimum atomic E-state index is 0.219. The molecule has 2 aromatic rings. The van der Waals surface area contributed by atoms with Crippen LogP contribution in [0.5, 0.6) is 0 Å². The summed E-state index contributed by atoms with van der Waals surface area (Å²) in [6.45, 7) is 5.37. The Labute approximate surface area is 127 Å². The van der Waals surface area contributed by atoms with Crippen LogP contribution in [0.15, 0.2) is 24.3 Å². The first-order valence-corrected chi connectivity index (χ1v) is 7.87. The van der Waals surface area contributed by atoms with Gasteiger partial charge in [0, 0.05) is 26.6 Å². The molecule has 0 aliphatic heterocycles. The molecule has 1 N–H and O–H groups in total. The van der Waals surface area contributed by atoms with E-state index in [1.807, 2.05) is 6.07 Å². The van der Waals surface area contributed by atoms with Crippen molar-refractivity contribution in [1.29, 1.82) is 0 Å². The second-order valence-electron chi connectivity index (χ2n) is 5.52. The monoisotopic (exact) mass is 289 g/mol. The predicted molar refractivity (Wildman–Crippen MR) is 87.6 cm³/mol. The van der Waals surface area contributed by atoms with Gasteiger partial charge in [-0.2, -0.15) is 0 Å². The second-order valence-corrected chi connectivity index (χ2v) is 5.52. The molecular weight excluding hydrogens is 262 g/mol. The van der Waals surface area contributed by atoms with Gasteiger partial charge in [0.25, 0.3) is 0 Å². The number of benzene rings is 1. The van der Waals surface area contributed by atoms with Crippen molar-refractivity contribution >= 4 is 11.0 Å². The van der Waals surface area contributed by atoms with Gasteiger partial charge in [-0.05, 0) is 31.5 Å². The maximum Gasteiger partial charge on any atom is 0.111 e. The molecule has 21 heavy (non-hydrogen) atoms. The minimum absolute atomic E-state index is 0.219. The third kappa shape index (κ3) is 3.63. The molecule has 2 rings (SSSR count). The zero-order valence-electron chi connectivity index (χ0n) is 13.6. The summed E-state index contributed by atoms with van der Waals surface area (Å²) in [5, 5.41) is 3.61. The normalized spacial score (nSPS) is 14.5. The summed E-state index contributed by atoms with van der Waals surface area (Å²) in [7, 11) is 3.89. The van der Waals surface area contributed by atoms with Gasteiger partial charge in [0.2, 0.25) is 0 Å². The number of methoxy groups -OCH3 is 1. The number of aryl methyl sites for hydroxylation is 1. The van der Waals surface area contributed by atoms with E-state index in [1.165, 1.54) is 5.52 Å². The molecule has 2 atom stereocenters. The Morgan fingerprint density at radius 3 is 2.67 bits per heavy atom. The van der Waals surface area contributed by atoms with Gasteiger partial charge in [-0.1, -0.05) is 26.0 Å². The molecule has 0 aliphatic carbocycles. The van der Waals surface area contributed by atoms with Crippen LogP contribution in [0, 0.1) is 0 Å². The molecule has 0 radical (unpaired) electrons. The number of imidazole rings is 1. The number of para-hydroxylation sites is 2. The highest BCUT2D eigenvalue weighted by Crippen LogP contribution is 2.17. The number of nitrogens with one attached hydrogen (secondary N) is 1. The fourth-order valence-corrected chi connectivity index (χ4v) is 2.85. The summed E-state index contributed by atoms with van der Waals surface area (Å²) in [4.78, 5) is 4.78. The van der Waals surface area contributed by atoms with Gasteiger partial charge in [0.15, 0.2) is 0 Å². The van der Waals surface area contributed by atoms with Crippen molar-refractivity contribution in [1.82, 2.24) is 14.9 Å². The highest BCUT2D eigenvalue weighted by atomic mass is 16.5. The van der Waals surface area contributed by atoms with Crippen LogP contribution in [0.25, 0.3) is 11.0 Å². The van der Waals surface area contributed by atoms with Crippen molar-refractivity contribution in [2.45, 2.75) is 45.3 Å². The van der Waals surface area contributed by atoms with Crippen LogP contribution in [0.4, 0.5) is 0 Å². The van der Waals surface area contributed by atoms with E-state index in [9.17, 15) is 0 Å². The van der Waals surface area contributed by atoms with E-state index in [1.54, 1.807) is 7.11 Å². The van der Waals surface area contributed by atoms with E-state index in [-0.39, 0.29) is 6.10 Å². The van der Waals surface area contributed by atoms with Crippen LogP contribution in [-0.2, 0) is 18.2 Å². The minimum Gasteiger partial charge on any atom is -0.380 e. The summed E-state index contributed by atoms with van der Waals surface area (Å²) in [6.07, 6.45) is 3.23. The van der Waals surface area contributed by atoms with Crippen molar-refractivity contribution in [2.75, 3.05) is 13.7 Å². The van der Waals surface area contributed by atoms with Crippen molar-refractivity contribution in [3.05, 3.63) is 30.1 Å². The van der Waals surface area contributed by atoms with Crippen LogP contribution >= 0.6 is 0 Å². The van der Waals surface area contributed by atoms with E-state index in [0.29, 0.717) is 6.04 Å². The zero-order valence-corrected chi connectivity index (χ0v) is 13.6. The van der Waals surface area contributed by atoms with Crippen molar-refractivity contribution < 1.29 is 4.74 Å². The molecule has 1 aromatic carbocycles. The lowest BCUT2D eigenvalue weighted by molar-refractivity contribution is 0.0645. The SMILES string of the molecule is CCCNC(Cc1nc2ccccc2n1C)C(CC)OC. The molecular formula is C17H27N3O. The van der Waals surface area contributed by atoms with Crippen molar-refractivity contribution in [3.8, 4) is 0 Å². The third-order valence-corrected chi connectivity index (χ3v) is 4.09. The number of hydrogen-bond acceptors (Lipinski definition) is 3. The number of rotatable bonds is 8. The average Bonchev–Trinajstić information content (AvgIpc) is 2.82. The summed E-state index contributed by atoms with van der Waals surface area (Å²) < 4.78 is 7.84. The lowest BCUT2D eigenvalue weighted by Gasteiger charge is -2.26. The standard InChI is InChI=1S/C17H27N3O/c1-5-11-18-14(16(6-2)21-4)12-17-19-13-9-7-8-10-15(13)20(17)3/h7-10,14,16,18H,5-6,11-12H2,1-4H3. The first-order valence-electron chi connectivity index (χ1n) is 7.87. The number of ether oxygens (including phenoxy) is 1. The average molecular weight is 289 g/mol. The predicted octanol–water partition coefficient (Wildman–Crippen LogP) is 2.91. The molecule has 0 bridgehead atoms. The maximum absolute atomic E-state index is 5.65. The molecule has 1 heterocycles. The van der Waals surface area contributed by atoms with E-state index in [0.717, 1.165) is 37.1 Å². The fourth-order valence-electron chi connectivity index (χ4n) is 2.85. The number of hydrogen-bond donors (Lipinski definition) is 1. The molecule has 0 spiro atoms. The summed E-state index contributed by atoms with van der Waals surface area (Å²) >= 11 is 0.